The summed E-state index contributed by atoms with van der Waals surface area (Å²) < 4.78 is 1.41. The summed E-state index contributed by atoms with van der Waals surface area (Å²) in [6.45, 7) is 0. The van der Waals surface area contributed by atoms with Crippen LogP contribution in [0.15, 0.2) is 36.5 Å². The number of rotatable bonds is 3. The van der Waals surface area contributed by atoms with Crippen molar-refractivity contribution in [1.29, 1.82) is 0 Å². The normalized spacial score (nSPS) is 10.1. The number of hydrogen-bond donors (Lipinski definition) is 4. The molecule has 4 amide bonds. The van der Waals surface area contributed by atoms with Gasteiger partial charge in [-0.2, -0.15) is 5.10 Å². The van der Waals surface area contributed by atoms with Gasteiger partial charge >= 0.3 is 12.1 Å². The van der Waals surface area contributed by atoms with Crippen LogP contribution < -0.4 is 32.3 Å². The van der Waals surface area contributed by atoms with Gasteiger partial charge in [0.25, 0.3) is 0 Å². The van der Waals surface area contributed by atoms with E-state index in [2.05, 4.69) is 15.7 Å². The molecule has 2 rings (SSSR count). The van der Waals surface area contributed by atoms with Crippen molar-refractivity contribution in [2.45, 2.75) is 0 Å². The molecule has 0 bridgehead atoms. The van der Waals surface area contributed by atoms with Gasteiger partial charge in [-0.25, -0.2) is 36.0 Å². The lowest BCUT2D eigenvalue weighted by Crippen LogP contribution is -2.48. The van der Waals surface area contributed by atoms with Crippen LogP contribution in [0.4, 0.5) is 21.1 Å². The van der Waals surface area contributed by atoms with Crippen LogP contribution in [0, 0.1) is 0 Å². The van der Waals surface area contributed by atoms with Crippen molar-refractivity contribution < 1.29 is 9.59 Å². The number of nitrogens with one attached hydrogen (secondary N) is 2. The third-order valence-electron chi connectivity index (χ3n) is 3.08. The maximum absolute atomic E-state index is 11.9. The largest absolute Gasteiger partial charge is 0.340 e. The fourth-order valence-corrected chi connectivity index (χ4v) is 1.93. The van der Waals surface area contributed by atoms with Gasteiger partial charge in [-0.15, -0.1) is 0 Å². The highest BCUT2D eigenvalue weighted by atomic mass is 16.2. The number of hydrazine groups is 2. The van der Waals surface area contributed by atoms with Crippen molar-refractivity contribution in [3.05, 3.63) is 36.5 Å². The second kappa shape index (κ2) is 6.77. The number of carbonyl (C=O) groups excluding carboxylic acids is 2. The van der Waals surface area contributed by atoms with Gasteiger partial charge in [0.2, 0.25) is 0 Å². The van der Waals surface area contributed by atoms with E-state index >= 15 is 0 Å². The van der Waals surface area contributed by atoms with E-state index in [0.717, 1.165) is 10.0 Å². The molecule has 2 aromatic rings. The summed E-state index contributed by atoms with van der Waals surface area (Å²) in [6.07, 6.45) is 1.35. The minimum atomic E-state index is -0.589. The molecule has 10 heteroatoms. The van der Waals surface area contributed by atoms with E-state index in [1.807, 2.05) is 6.07 Å². The van der Waals surface area contributed by atoms with Crippen molar-refractivity contribution in [1.82, 2.24) is 20.4 Å². The summed E-state index contributed by atoms with van der Waals surface area (Å²) in [4.78, 5) is 23.7. The van der Waals surface area contributed by atoms with Crippen molar-refractivity contribution in [3.63, 3.8) is 0 Å². The molecule has 10 nitrogen and oxygen atoms in total. The maximum Gasteiger partial charge on any atom is 0.337 e. The molecule has 0 saturated heterocycles. The van der Waals surface area contributed by atoms with Crippen LogP contribution in [-0.4, -0.2) is 35.9 Å². The predicted molar refractivity (Wildman–Crippen MR) is 85.8 cm³/mol. The van der Waals surface area contributed by atoms with Crippen LogP contribution in [0.3, 0.4) is 0 Å². The number of benzene rings is 1. The number of carbonyl (C=O) groups is 2. The number of urea groups is 2. The fourth-order valence-electron chi connectivity index (χ4n) is 1.93. The van der Waals surface area contributed by atoms with Gasteiger partial charge in [0, 0.05) is 14.1 Å². The Kier molecular flexibility index (Phi) is 4.79. The molecule has 0 aliphatic heterocycles. The number of para-hydroxylation sites is 1. The second-order valence-corrected chi connectivity index (χ2v) is 4.45. The van der Waals surface area contributed by atoms with Crippen molar-refractivity contribution in [3.8, 4) is 5.69 Å². The van der Waals surface area contributed by atoms with Crippen LogP contribution in [0.2, 0.25) is 0 Å². The SMILES string of the molecule is CNC(=O)N(N)c1cnn(-c2ccccc2)c1N(N)C(=O)NC. The molecule has 0 unspecified atom stereocenters. The molecule has 122 valence electrons. The van der Waals surface area contributed by atoms with E-state index in [4.69, 9.17) is 11.7 Å². The average molecular weight is 318 g/mol. The summed E-state index contributed by atoms with van der Waals surface area (Å²) in [6, 6.07) is 7.84. The number of nitrogens with zero attached hydrogens (tertiary/aromatic N) is 4. The van der Waals surface area contributed by atoms with Gasteiger partial charge < -0.3 is 10.6 Å². The van der Waals surface area contributed by atoms with Gasteiger partial charge in [0.15, 0.2) is 5.82 Å². The zero-order valence-electron chi connectivity index (χ0n) is 12.7. The van der Waals surface area contributed by atoms with Gasteiger partial charge in [0.1, 0.15) is 5.69 Å². The summed E-state index contributed by atoms with van der Waals surface area (Å²) in [5.41, 5.74) is 0.817. The molecule has 0 radical (unpaired) electrons. The number of hydrogen-bond acceptors (Lipinski definition) is 5. The zero-order valence-corrected chi connectivity index (χ0v) is 12.7. The first-order valence-corrected chi connectivity index (χ1v) is 6.67. The first kappa shape index (κ1) is 16.3. The number of aromatic nitrogens is 2. The summed E-state index contributed by atoms with van der Waals surface area (Å²) in [7, 11) is 2.87. The van der Waals surface area contributed by atoms with Crippen LogP contribution >= 0.6 is 0 Å². The van der Waals surface area contributed by atoms with Crippen molar-refractivity contribution >= 4 is 23.6 Å². The van der Waals surface area contributed by atoms with E-state index < -0.39 is 12.1 Å². The van der Waals surface area contributed by atoms with Crippen molar-refractivity contribution in [2.24, 2.45) is 11.7 Å². The third kappa shape index (κ3) is 3.07. The number of nitrogens with two attached hydrogens (primary N) is 2. The standard InChI is InChI=1S/C13H18N8O2/c1-16-12(22)19(14)10-8-18-21(9-6-4-3-5-7-9)11(10)20(15)13(23)17-2/h3-8H,14-15H2,1-2H3,(H,16,22)(H,17,23). The lowest BCUT2D eigenvalue weighted by Gasteiger charge is -2.22. The Hall–Kier alpha value is -3.11. The van der Waals surface area contributed by atoms with Crippen LogP contribution in [0.1, 0.15) is 0 Å². The van der Waals surface area contributed by atoms with Crippen LogP contribution in [0.5, 0.6) is 0 Å². The van der Waals surface area contributed by atoms with Gasteiger partial charge in [-0.1, -0.05) is 18.2 Å². The lowest BCUT2D eigenvalue weighted by atomic mass is 10.3. The molecule has 0 atom stereocenters. The second-order valence-electron chi connectivity index (χ2n) is 4.45. The molecular weight excluding hydrogens is 300 g/mol. The van der Waals surface area contributed by atoms with Crippen LogP contribution in [-0.2, 0) is 0 Å². The molecule has 1 aromatic heterocycles. The molecule has 1 heterocycles. The smallest absolute Gasteiger partial charge is 0.337 e. The molecular formula is C13H18N8O2. The minimum absolute atomic E-state index is 0.140. The topological polar surface area (TPSA) is 135 Å². The van der Waals surface area contributed by atoms with E-state index in [-0.39, 0.29) is 11.5 Å². The Morgan fingerprint density at radius 1 is 1.04 bits per heavy atom. The summed E-state index contributed by atoms with van der Waals surface area (Å²) in [5.74, 6) is 11.8. The first-order chi connectivity index (χ1) is 11.0. The summed E-state index contributed by atoms with van der Waals surface area (Å²) in [5, 5.41) is 10.6. The van der Waals surface area contributed by atoms with E-state index in [9.17, 15) is 9.59 Å². The number of amides is 4. The highest BCUT2D eigenvalue weighted by Crippen LogP contribution is 2.29. The number of anilines is 2. The Bertz CT molecular complexity index is 699. The lowest BCUT2D eigenvalue weighted by molar-refractivity contribution is 0.246. The molecule has 0 aliphatic carbocycles. The Morgan fingerprint density at radius 3 is 2.17 bits per heavy atom. The molecule has 23 heavy (non-hydrogen) atoms. The first-order valence-electron chi connectivity index (χ1n) is 6.67. The molecule has 0 saturated carbocycles. The Labute approximate surface area is 132 Å². The van der Waals surface area contributed by atoms with E-state index in [0.29, 0.717) is 5.69 Å². The fraction of sp³-hybridized carbons (Fsp3) is 0.154. The van der Waals surface area contributed by atoms with Gasteiger partial charge in [-0.3, -0.25) is 0 Å². The monoisotopic (exact) mass is 318 g/mol. The van der Waals surface area contributed by atoms with E-state index in [1.54, 1.807) is 24.3 Å². The van der Waals surface area contributed by atoms with Crippen LogP contribution in [0.25, 0.3) is 5.69 Å². The molecule has 6 N–H and O–H groups in total. The van der Waals surface area contributed by atoms with Gasteiger partial charge in [-0.05, 0) is 12.1 Å². The molecule has 0 aliphatic rings. The predicted octanol–water partition coefficient (Wildman–Crippen LogP) is -0.0887. The molecule has 0 spiro atoms. The maximum atomic E-state index is 11.9. The third-order valence-corrected chi connectivity index (χ3v) is 3.08. The molecule has 1 aromatic carbocycles. The van der Waals surface area contributed by atoms with Gasteiger partial charge in [0.05, 0.1) is 11.9 Å². The quantitative estimate of drug-likeness (QED) is 0.356. The van der Waals surface area contributed by atoms with Crippen molar-refractivity contribution in [2.75, 3.05) is 24.1 Å². The minimum Gasteiger partial charge on any atom is -0.340 e. The highest BCUT2D eigenvalue weighted by molar-refractivity contribution is 5.99. The molecule has 0 fully saturated rings. The summed E-state index contributed by atoms with van der Waals surface area (Å²) >= 11 is 0. The Morgan fingerprint density at radius 2 is 1.61 bits per heavy atom. The zero-order chi connectivity index (χ0) is 17.0. The average Bonchev–Trinajstić information content (AvgIpc) is 3.04. The highest BCUT2D eigenvalue weighted by Gasteiger charge is 2.26. The Balaban J connectivity index is 2.58. The van der Waals surface area contributed by atoms with E-state index in [1.165, 1.54) is 25.0 Å².